The van der Waals surface area contributed by atoms with Crippen molar-refractivity contribution < 1.29 is 19.2 Å². The van der Waals surface area contributed by atoms with Crippen LogP contribution in [0.1, 0.15) is 27.3 Å². The van der Waals surface area contributed by atoms with Crippen LogP contribution in [0, 0.1) is 30.9 Å². The van der Waals surface area contributed by atoms with Crippen LogP contribution in [0.25, 0.3) is 11.0 Å². The second-order valence-electron chi connectivity index (χ2n) is 6.48. The smallest absolute Gasteiger partial charge is 0.338 e. The molecule has 9 nitrogen and oxygen atoms in total. The minimum Gasteiger partial charge on any atom is -0.452 e. The largest absolute Gasteiger partial charge is 0.452 e. The van der Waals surface area contributed by atoms with Crippen molar-refractivity contribution in [2.45, 2.75) is 20.8 Å². The lowest BCUT2D eigenvalue weighted by atomic mass is 10.2. The minimum absolute atomic E-state index is 0.0724. The van der Waals surface area contributed by atoms with E-state index in [1.54, 1.807) is 25.1 Å². The third-order valence-corrected chi connectivity index (χ3v) is 4.34. The Morgan fingerprint density at radius 1 is 1.03 bits per heavy atom. The molecule has 0 atom stereocenters. The summed E-state index contributed by atoms with van der Waals surface area (Å²) in [4.78, 5) is 43.4. The fraction of sp³-hybridized carbons (Fsp3) is 0.200. The molecule has 3 rings (SSSR count). The van der Waals surface area contributed by atoms with Gasteiger partial charge in [-0.15, -0.1) is 0 Å². The van der Waals surface area contributed by atoms with Crippen molar-refractivity contribution in [1.29, 1.82) is 0 Å². The molecule has 0 unspecified atom stereocenters. The zero-order chi connectivity index (χ0) is 21.1. The van der Waals surface area contributed by atoms with Gasteiger partial charge in [0.25, 0.3) is 11.6 Å². The number of non-ortho nitro benzene ring substituents is 1. The fourth-order valence-corrected chi connectivity index (χ4v) is 2.66. The van der Waals surface area contributed by atoms with Crippen molar-refractivity contribution in [1.82, 2.24) is 9.97 Å². The molecule has 0 saturated carbocycles. The molecule has 1 heterocycles. The second-order valence-corrected chi connectivity index (χ2v) is 6.48. The Balaban J connectivity index is 1.64. The lowest BCUT2D eigenvalue weighted by molar-refractivity contribution is -0.384. The Morgan fingerprint density at radius 3 is 2.38 bits per heavy atom. The number of aryl methyl sites for hydroxylation is 3. The number of nitrogens with zero attached hydrogens (tertiary/aromatic N) is 3. The van der Waals surface area contributed by atoms with Gasteiger partial charge >= 0.3 is 5.97 Å². The second kappa shape index (κ2) is 8.01. The van der Waals surface area contributed by atoms with E-state index in [4.69, 9.17) is 4.74 Å². The number of anilines is 1. The Labute approximate surface area is 165 Å². The molecule has 0 aliphatic heterocycles. The molecular formula is C20H18N4O5. The number of carbonyl (C=O) groups excluding carboxylic acids is 2. The first-order valence-corrected chi connectivity index (χ1v) is 8.71. The van der Waals surface area contributed by atoms with Crippen LogP contribution in [-0.2, 0) is 9.53 Å². The van der Waals surface area contributed by atoms with E-state index in [1.165, 1.54) is 18.2 Å². The molecule has 3 aromatic rings. The van der Waals surface area contributed by atoms with E-state index in [9.17, 15) is 19.7 Å². The molecule has 0 spiro atoms. The van der Waals surface area contributed by atoms with Crippen LogP contribution < -0.4 is 5.32 Å². The highest BCUT2D eigenvalue weighted by Crippen LogP contribution is 2.21. The number of esters is 1. The summed E-state index contributed by atoms with van der Waals surface area (Å²) in [6.07, 6.45) is 0. The maximum atomic E-state index is 12.3. The first-order valence-electron chi connectivity index (χ1n) is 8.71. The highest BCUT2D eigenvalue weighted by Gasteiger charge is 2.14. The average Bonchev–Trinajstić information content (AvgIpc) is 2.68. The Hall–Kier alpha value is -3.88. The molecule has 9 heteroatoms. The van der Waals surface area contributed by atoms with E-state index >= 15 is 0 Å². The van der Waals surface area contributed by atoms with E-state index < -0.39 is 23.4 Å². The number of hydrogen-bond donors (Lipinski definition) is 1. The van der Waals surface area contributed by atoms with E-state index in [0.717, 1.165) is 11.4 Å². The number of nitro groups is 1. The molecule has 148 valence electrons. The molecule has 0 bridgehead atoms. The van der Waals surface area contributed by atoms with Crippen LogP contribution in [0.5, 0.6) is 0 Å². The first kappa shape index (κ1) is 19.9. The van der Waals surface area contributed by atoms with Gasteiger partial charge in [-0.05, 0) is 50.6 Å². The number of rotatable bonds is 5. The molecule has 1 N–H and O–H groups in total. The number of benzene rings is 2. The number of nitrogens with one attached hydrogen (secondary N) is 1. The maximum Gasteiger partial charge on any atom is 0.338 e. The van der Waals surface area contributed by atoms with Gasteiger partial charge in [0.05, 0.1) is 32.9 Å². The van der Waals surface area contributed by atoms with Crippen molar-refractivity contribution in [3.05, 3.63) is 69.0 Å². The SMILES string of the molecule is Cc1cc([N+](=O)[O-])ccc1NC(=O)COC(=O)c1ccc2nc(C)c(C)nc2c1. The maximum absolute atomic E-state index is 12.3. The standard InChI is InChI=1S/C20H18N4O5/c1-11-8-15(24(27)28)5-7-16(11)23-19(25)10-29-20(26)14-4-6-17-18(9-14)22-13(3)12(2)21-17/h4-9H,10H2,1-3H3,(H,23,25). The van der Waals surface area contributed by atoms with Crippen LogP contribution in [-0.4, -0.2) is 33.4 Å². The first-order chi connectivity index (χ1) is 13.7. The van der Waals surface area contributed by atoms with Crippen LogP contribution in [0.2, 0.25) is 0 Å². The lowest BCUT2D eigenvalue weighted by Crippen LogP contribution is -2.21. The van der Waals surface area contributed by atoms with E-state index in [0.29, 0.717) is 22.3 Å². The third kappa shape index (κ3) is 4.52. The quantitative estimate of drug-likeness (QED) is 0.400. The number of aromatic nitrogens is 2. The van der Waals surface area contributed by atoms with E-state index in [-0.39, 0.29) is 11.3 Å². The van der Waals surface area contributed by atoms with Crippen molar-refractivity contribution in [2.24, 2.45) is 0 Å². The monoisotopic (exact) mass is 394 g/mol. The molecule has 1 aromatic heterocycles. The minimum atomic E-state index is -0.664. The zero-order valence-electron chi connectivity index (χ0n) is 16.1. The average molecular weight is 394 g/mol. The molecule has 2 aromatic carbocycles. The summed E-state index contributed by atoms with van der Waals surface area (Å²) in [6.45, 7) is 4.83. The Kier molecular flexibility index (Phi) is 5.49. The summed E-state index contributed by atoms with van der Waals surface area (Å²) in [7, 11) is 0. The van der Waals surface area contributed by atoms with Gasteiger partial charge in [-0.3, -0.25) is 14.9 Å². The predicted molar refractivity (Wildman–Crippen MR) is 106 cm³/mol. The van der Waals surface area contributed by atoms with Gasteiger partial charge in [0.15, 0.2) is 6.61 Å². The van der Waals surface area contributed by atoms with Crippen LogP contribution in [0.3, 0.4) is 0 Å². The van der Waals surface area contributed by atoms with Gasteiger partial charge in [0.1, 0.15) is 0 Å². The number of nitro benzene ring substituents is 1. The van der Waals surface area contributed by atoms with E-state index in [2.05, 4.69) is 15.3 Å². The van der Waals surface area contributed by atoms with Gasteiger partial charge in [-0.2, -0.15) is 0 Å². The molecule has 0 saturated heterocycles. The molecule has 1 amide bonds. The van der Waals surface area contributed by atoms with Crippen LogP contribution in [0.4, 0.5) is 11.4 Å². The summed E-state index contributed by atoms with van der Waals surface area (Å²) in [5, 5.41) is 13.3. The molecule has 0 fully saturated rings. The highest BCUT2D eigenvalue weighted by molar-refractivity contribution is 5.97. The molecule has 0 radical (unpaired) electrons. The van der Waals surface area contributed by atoms with Crippen LogP contribution >= 0.6 is 0 Å². The predicted octanol–water partition coefficient (Wildman–Crippen LogP) is 3.26. The van der Waals surface area contributed by atoms with Gasteiger partial charge in [-0.1, -0.05) is 0 Å². The molecule has 0 aliphatic carbocycles. The number of carbonyl (C=O) groups is 2. The summed E-state index contributed by atoms with van der Waals surface area (Å²) in [5.41, 5.74) is 3.92. The van der Waals surface area contributed by atoms with Gasteiger partial charge in [0.2, 0.25) is 0 Å². The summed E-state index contributed by atoms with van der Waals surface area (Å²) >= 11 is 0. The topological polar surface area (TPSA) is 124 Å². The fourth-order valence-electron chi connectivity index (χ4n) is 2.66. The highest BCUT2D eigenvalue weighted by atomic mass is 16.6. The number of ether oxygens (including phenoxy) is 1. The third-order valence-electron chi connectivity index (χ3n) is 4.34. The summed E-state index contributed by atoms with van der Waals surface area (Å²) < 4.78 is 5.06. The normalized spacial score (nSPS) is 10.6. The van der Waals surface area contributed by atoms with Gasteiger partial charge in [-0.25, -0.2) is 14.8 Å². The Morgan fingerprint density at radius 2 is 1.72 bits per heavy atom. The van der Waals surface area contributed by atoms with Crippen molar-refractivity contribution in [2.75, 3.05) is 11.9 Å². The Bertz CT molecular complexity index is 1140. The van der Waals surface area contributed by atoms with Crippen molar-refractivity contribution in [3.8, 4) is 0 Å². The van der Waals surface area contributed by atoms with Crippen molar-refractivity contribution in [3.63, 3.8) is 0 Å². The van der Waals surface area contributed by atoms with Crippen molar-refractivity contribution >= 4 is 34.3 Å². The summed E-state index contributed by atoms with van der Waals surface area (Å²) in [6, 6.07) is 8.86. The van der Waals surface area contributed by atoms with Crippen LogP contribution in [0.15, 0.2) is 36.4 Å². The van der Waals surface area contributed by atoms with Gasteiger partial charge in [0, 0.05) is 17.8 Å². The van der Waals surface area contributed by atoms with Gasteiger partial charge < -0.3 is 10.1 Å². The lowest BCUT2D eigenvalue weighted by Gasteiger charge is -2.09. The molecular weight excluding hydrogens is 376 g/mol. The van der Waals surface area contributed by atoms with E-state index in [1.807, 2.05) is 13.8 Å². The number of amides is 1. The molecule has 0 aliphatic rings. The summed E-state index contributed by atoms with van der Waals surface area (Å²) in [5.74, 6) is -1.22. The zero-order valence-corrected chi connectivity index (χ0v) is 16.1. The number of fused-ring (bicyclic) bond motifs is 1. The number of hydrogen-bond acceptors (Lipinski definition) is 7. The molecule has 29 heavy (non-hydrogen) atoms.